The molecule has 1 aliphatic carbocycles. The minimum Gasteiger partial charge on any atom is -0.508 e. The first-order chi connectivity index (χ1) is 9.52. The number of hydrogen-bond acceptors (Lipinski definition) is 3. The van der Waals surface area contributed by atoms with Crippen LogP contribution < -0.4 is 5.32 Å². The number of aryl methyl sites for hydroxylation is 1. The third-order valence-electron chi connectivity index (χ3n) is 4.62. The summed E-state index contributed by atoms with van der Waals surface area (Å²) in [6.45, 7) is 5.46. The van der Waals surface area contributed by atoms with Gasteiger partial charge in [-0.15, -0.1) is 0 Å². The summed E-state index contributed by atoms with van der Waals surface area (Å²) >= 11 is 0. The molecule has 0 bridgehead atoms. The highest BCUT2D eigenvalue weighted by molar-refractivity contribution is 5.35. The zero-order chi connectivity index (χ0) is 14.6. The molecule has 2 rings (SSSR count). The van der Waals surface area contributed by atoms with Crippen molar-refractivity contribution in [2.24, 2.45) is 5.92 Å². The Kier molecular flexibility index (Phi) is 5.06. The molecular weight excluding hydrogens is 250 g/mol. The number of nitrogens with one attached hydrogen (secondary N) is 1. The Morgan fingerprint density at radius 2 is 2.00 bits per heavy atom. The van der Waals surface area contributed by atoms with Gasteiger partial charge < -0.3 is 15.5 Å². The minimum atomic E-state index is -0.564. The highest BCUT2D eigenvalue weighted by atomic mass is 16.3. The van der Waals surface area contributed by atoms with Crippen LogP contribution in [0, 0.1) is 12.8 Å². The summed E-state index contributed by atoms with van der Waals surface area (Å²) in [7, 11) is 0. The quantitative estimate of drug-likeness (QED) is 0.775. The van der Waals surface area contributed by atoms with E-state index >= 15 is 0 Å². The monoisotopic (exact) mass is 277 g/mol. The summed E-state index contributed by atoms with van der Waals surface area (Å²) in [6, 6.07) is 5.62. The lowest BCUT2D eigenvalue weighted by Crippen LogP contribution is -2.43. The number of benzene rings is 1. The first-order valence-corrected chi connectivity index (χ1v) is 7.74. The molecule has 0 saturated heterocycles. The van der Waals surface area contributed by atoms with E-state index in [9.17, 15) is 10.2 Å². The second-order valence-corrected chi connectivity index (χ2v) is 6.31. The SMILES string of the molecule is CCC1CCC(O)(CNCc2cc(C)ccc2O)CC1. The Bertz CT molecular complexity index is 437. The Labute approximate surface area is 122 Å². The van der Waals surface area contributed by atoms with Crippen LogP contribution in [-0.2, 0) is 6.54 Å². The van der Waals surface area contributed by atoms with Gasteiger partial charge in [0.25, 0.3) is 0 Å². The molecular formula is C17H27NO2. The van der Waals surface area contributed by atoms with Gasteiger partial charge in [-0.3, -0.25) is 0 Å². The molecule has 0 aromatic heterocycles. The van der Waals surface area contributed by atoms with Crippen LogP contribution in [0.25, 0.3) is 0 Å². The zero-order valence-electron chi connectivity index (χ0n) is 12.7. The third-order valence-corrected chi connectivity index (χ3v) is 4.62. The fourth-order valence-corrected chi connectivity index (χ4v) is 3.09. The van der Waals surface area contributed by atoms with E-state index in [1.807, 2.05) is 19.1 Å². The Morgan fingerprint density at radius 1 is 1.30 bits per heavy atom. The summed E-state index contributed by atoms with van der Waals surface area (Å²) in [4.78, 5) is 0. The van der Waals surface area contributed by atoms with Gasteiger partial charge in [0.1, 0.15) is 5.75 Å². The molecule has 0 amide bonds. The number of phenolic OH excluding ortho intramolecular Hbond substituents is 1. The van der Waals surface area contributed by atoms with E-state index in [2.05, 4.69) is 12.2 Å². The van der Waals surface area contributed by atoms with E-state index in [0.29, 0.717) is 18.8 Å². The summed E-state index contributed by atoms with van der Waals surface area (Å²) in [6.07, 6.45) is 5.26. The van der Waals surface area contributed by atoms with E-state index in [-0.39, 0.29) is 0 Å². The van der Waals surface area contributed by atoms with Crippen LogP contribution in [0.4, 0.5) is 0 Å². The average molecular weight is 277 g/mol. The molecule has 0 unspecified atom stereocenters. The van der Waals surface area contributed by atoms with Gasteiger partial charge >= 0.3 is 0 Å². The number of rotatable bonds is 5. The topological polar surface area (TPSA) is 52.5 Å². The van der Waals surface area contributed by atoms with Crippen LogP contribution in [0.3, 0.4) is 0 Å². The smallest absolute Gasteiger partial charge is 0.120 e. The second-order valence-electron chi connectivity index (χ2n) is 6.31. The first kappa shape index (κ1) is 15.3. The lowest BCUT2D eigenvalue weighted by Gasteiger charge is -2.36. The van der Waals surface area contributed by atoms with E-state index in [1.54, 1.807) is 6.07 Å². The van der Waals surface area contributed by atoms with Gasteiger partial charge in [-0.2, -0.15) is 0 Å². The van der Waals surface area contributed by atoms with Gasteiger partial charge in [0.15, 0.2) is 0 Å². The molecule has 0 aliphatic heterocycles. The molecule has 0 atom stereocenters. The Morgan fingerprint density at radius 3 is 2.65 bits per heavy atom. The van der Waals surface area contributed by atoms with Crippen LogP contribution in [0.2, 0.25) is 0 Å². The maximum atomic E-state index is 10.6. The van der Waals surface area contributed by atoms with E-state index in [4.69, 9.17) is 0 Å². The maximum Gasteiger partial charge on any atom is 0.120 e. The molecule has 0 radical (unpaired) electrons. The highest BCUT2D eigenvalue weighted by Gasteiger charge is 2.32. The van der Waals surface area contributed by atoms with Crippen molar-refractivity contribution in [3.63, 3.8) is 0 Å². The molecule has 0 spiro atoms. The predicted molar refractivity (Wildman–Crippen MR) is 81.7 cm³/mol. The lowest BCUT2D eigenvalue weighted by atomic mass is 9.78. The van der Waals surface area contributed by atoms with Crippen molar-refractivity contribution in [3.8, 4) is 5.75 Å². The summed E-state index contributed by atoms with van der Waals surface area (Å²) < 4.78 is 0. The van der Waals surface area contributed by atoms with Crippen molar-refractivity contribution in [2.75, 3.05) is 6.54 Å². The van der Waals surface area contributed by atoms with Crippen molar-refractivity contribution >= 4 is 0 Å². The van der Waals surface area contributed by atoms with Crippen LogP contribution in [0.15, 0.2) is 18.2 Å². The third kappa shape index (κ3) is 3.97. The normalized spacial score (nSPS) is 26.6. The molecule has 3 N–H and O–H groups in total. The van der Waals surface area contributed by atoms with E-state index < -0.39 is 5.60 Å². The van der Waals surface area contributed by atoms with Crippen molar-refractivity contribution in [1.29, 1.82) is 0 Å². The summed E-state index contributed by atoms with van der Waals surface area (Å²) in [5.41, 5.74) is 1.48. The van der Waals surface area contributed by atoms with Crippen LogP contribution >= 0.6 is 0 Å². The van der Waals surface area contributed by atoms with Crippen molar-refractivity contribution in [3.05, 3.63) is 29.3 Å². The second kappa shape index (κ2) is 6.59. The van der Waals surface area contributed by atoms with Crippen molar-refractivity contribution < 1.29 is 10.2 Å². The minimum absolute atomic E-state index is 0.324. The van der Waals surface area contributed by atoms with Gasteiger partial charge in [0.05, 0.1) is 5.60 Å². The average Bonchev–Trinajstić information content (AvgIpc) is 2.43. The summed E-state index contributed by atoms with van der Waals surface area (Å²) in [5.74, 6) is 1.11. The van der Waals surface area contributed by atoms with Gasteiger partial charge in [0, 0.05) is 18.7 Å². The Hall–Kier alpha value is -1.06. The maximum absolute atomic E-state index is 10.6. The van der Waals surface area contributed by atoms with Crippen molar-refractivity contribution in [2.45, 2.75) is 58.1 Å². The standard InChI is InChI=1S/C17H27NO2/c1-3-14-6-8-17(20,9-7-14)12-18-11-15-10-13(2)4-5-16(15)19/h4-5,10,14,18-20H,3,6-9,11-12H2,1-2H3. The predicted octanol–water partition coefficient (Wildman–Crippen LogP) is 3.12. The molecule has 1 aromatic carbocycles. The van der Waals surface area contributed by atoms with Gasteiger partial charge in [-0.1, -0.05) is 31.0 Å². The molecule has 1 fully saturated rings. The van der Waals surface area contributed by atoms with Crippen LogP contribution in [-0.4, -0.2) is 22.4 Å². The van der Waals surface area contributed by atoms with Gasteiger partial charge in [-0.25, -0.2) is 0 Å². The fraction of sp³-hybridized carbons (Fsp3) is 0.647. The molecule has 1 saturated carbocycles. The van der Waals surface area contributed by atoms with E-state index in [1.165, 1.54) is 6.42 Å². The zero-order valence-corrected chi connectivity index (χ0v) is 12.7. The molecule has 1 aliphatic rings. The summed E-state index contributed by atoms with van der Waals surface area (Å²) in [5, 5.41) is 23.7. The first-order valence-electron chi connectivity index (χ1n) is 7.74. The number of aromatic hydroxyl groups is 1. The molecule has 20 heavy (non-hydrogen) atoms. The lowest BCUT2D eigenvalue weighted by molar-refractivity contribution is -0.00884. The molecule has 112 valence electrons. The van der Waals surface area contributed by atoms with E-state index in [0.717, 1.165) is 42.7 Å². The highest BCUT2D eigenvalue weighted by Crippen LogP contribution is 2.33. The van der Waals surface area contributed by atoms with Gasteiger partial charge in [0.2, 0.25) is 0 Å². The molecule has 3 nitrogen and oxygen atoms in total. The molecule has 0 heterocycles. The molecule has 1 aromatic rings. The molecule has 3 heteroatoms. The van der Waals surface area contributed by atoms with Crippen LogP contribution in [0.5, 0.6) is 5.75 Å². The van der Waals surface area contributed by atoms with Crippen molar-refractivity contribution in [1.82, 2.24) is 5.32 Å². The fourth-order valence-electron chi connectivity index (χ4n) is 3.09. The number of phenols is 1. The number of aliphatic hydroxyl groups is 1. The largest absolute Gasteiger partial charge is 0.508 e. The number of hydrogen-bond donors (Lipinski definition) is 3. The van der Waals surface area contributed by atoms with Crippen LogP contribution in [0.1, 0.15) is 50.2 Å². The Balaban J connectivity index is 1.82. The van der Waals surface area contributed by atoms with Gasteiger partial charge in [-0.05, 0) is 44.6 Å².